The maximum atomic E-state index is 12.5. The van der Waals surface area contributed by atoms with Gasteiger partial charge in [0.1, 0.15) is 5.69 Å². The molecule has 7 nitrogen and oxygen atoms in total. The van der Waals surface area contributed by atoms with Crippen molar-refractivity contribution in [1.29, 1.82) is 0 Å². The first-order valence-electron chi connectivity index (χ1n) is 7.80. The Balaban J connectivity index is 1.99. The maximum Gasteiger partial charge on any atom is 0.475 e. The zero-order valence-electron chi connectivity index (χ0n) is 13.4. The topological polar surface area (TPSA) is 112 Å². The van der Waals surface area contributed by atoms with E-state index in [1.807, 2.05) is 13.8 Å². The third-order valence-electron chi connectivity index (χ3n) is 4.08. The Bertz CT molecular complexity index is 561. The molecule has 1 saturated carbocycles. The first-order chi connectivity index (χ1) is 10.8. The highest BCUT2D eigenvalue weighted by Crippen LogP contribution is 2.49. The minimum atomic E-state index is -1.62. The quantitative estimate of drug-likeness (QED) is 0.471. The van der Waals surface area contributed by atoms with Gasteiger partial charge < -0.3 is 15.4 Å². The van der Waals surface area contributed by atoms with E-state index in [1.165, 1.54) is 18.6 Å². The number of nitrogens with zero attached hydrogens (tertiary/aromatic N) is 2. The fourth-order valence-corrected chi connectivity index (χ4v) is 2.56. The average molecular weight is 319 g/mol. The van der Waals surface area contributed by atoms with E-state index >= 15 is 0 Å². The molecule has 3 N–H and O–H groups in total. The molecule has 0 bridgehead atoms. The van der Waals surface area contributed by atoms with Gasteiger partial charge in [0.2, 0.25) is 5.91 Å². The summed E-state index contributed by atoms with van der Waals surface area (Å²) in [4.78, 5) is 32.5. The summed E-state index contributed by atoms with van der Waals surface area (Å²) in [5, 5.41) is 21.5. The third kappa shape index (κ3) is 4.59. The number of carbonyl (C=O) groups excluding carboxylic acids is 2. The summed E-state index contributed by atoms with van der Waals surface area (Å²) in [5.41, 5.74) is -0.508. The molecule has 0 unspecified atom stereocenters. The summed E-state index contributed by atoms with van der Waals surface area (Å²) >= 11 is 0. The standard InChI is InChI=1S/C15H22BN3O4/c1-10(2)7-13(16(22)23)19-14(21)15(3-4-15)8-12(20)11-9-17-5-6-18-11/h5-6,9-10,13,22-23H,3-4,7-8H2,1-2H3,(H,19,21)/t13-/m0/s1. The molecule has 1 heterocycles. The van der Waals surface area contributed by atoms with Gasteiger partial charge in [0.05, 0.1) is 17.6 Å². The van der Waals surface area contributed by atoms with Crippen LogP contribution in [0.25, 0.3) is 0 Å². The monoisotopic (exact) mass is 319 g/mol. The number of hydrogen-bond donors (Lipinski definition) is 3. The lowest BCUT2D eigenvalue weighted by Crippen LogP contribution is -2.49. The van der Waals surface area contributed by atoms with Crippen LogP contribution in [0.5, 0.6) is 0 Å². The van der Waals surface area contributed by atoms with Crippen LogP contribution in [0.3, 0.4) is 0 Å². The zero-order chi connectivity index (χ0) is 17.0. The van der Waals surface area contributed by atoms with Gasteiger partial charge in [0, 0.05) is 18.8 Å². The van der Waals surface area contributed by atoms with Gasteiger partial charge in [-0.05, 0) is 25.2 Å². The summed E-state index contributed by atoms with van der Waals surface area (Å²) < 4.78 is 0. The molecule has 1 fully saturated rings. The lowest BCUT2D eigenvalue weighted by molar-refractivity contribution is -0.126. The molecule has 0 spiro atoms. The van der Waals surface area contributed by atoms with Crippen LogP contribution < -0.4 is 5.32 Å². The van der Waals surface area contributed by atoms with Gasteiger partial charge in [0.25, 0.3) is 0 Å². The van der Waals surface area contributed by atoms with Crippen LogP contribution in [0.2, 0.25) is 0 Å². The van der Waals surface area contributed by atoms with Gasteiger partial charge >= 0.3 is 7.12 Å². The summed E-state index contributed by atoms with van der Waals surface area (Å²) in [6.07, 6.45) is 6.05. The zero-order valence-corrected chi connectivity index (χ0v) is 13.4. The Morgan fingerprint density at radius 2 is 2.04 bits per heavy atom. The van der Waals surface area contributed by atoms with Crippen LogP contribution in [0.15, 0.2) is 18.6 Å². The van der Waals surface area contributed by atoms with Crippen LogP contribution in [0.4, 0.5) is 0 Å². The van der Waals surface area contributed by atoms with Crippen LogP contribution in [0.1, 0.15) is 50.0 Å². The van der Waals surface area contributed by atoms with Crippen molar-refractivity contribution in [3.05, 3.63) is 24.3 Å². The predicted molar refractivity (Wildman–Crippen MR) is 84.2 cm³/mol. The van der Waals surface area contributed by atoms with E-state index in [4.69, 9.17) is 0 Å². The highest BCUT2D eigenvalue weighted by molar-refractivity contribution is 6.43. The minimum Gasteiger partial charge on any atom is -0.426 e. The Labute approximate surface area is 135 Å². The fourth-order valence-electron chi connectivity index (χ4n) is 2.56. The Hall–Kier alpha value is -1.80. The summed E-state index contributed by atoms with van der Waals surface area (Å²) in [6, 6.07) is 0. The fraction of sp³-hybridized carbons (Fsp3) is 0.600. The van der Waals surface area contributed by atoms with Crippen molar-refractivity contribution in [2.24, 2.45) is 11.3 Å². The van der Waals surface area contributed by atoms with Crippen LogP contribution in [-0.4, -0.2) is 44.8 Å². The molecule has 8 heteroatoms. The number of rotatable bonds is 8. The van der Waals surface area contributed by atoms with Gasteiger partial charge in [0.15, 0.2) is 5.78 Å². The third-order valence-corrected chi connectivity index (χ3v) is 4.08. The Kier molecular flexibility index (Phi) is 5.48. The number of amides is 1. The summed E-state index contributed by atoms with van der Waals surface area (Å²) in [5.74, 6) is -1.05. The molecular weight excluding hydrogens is 297 g/mol. The summed E-state index contributed by atoms with van der Waals surface area (Å²) in [7, 11) is -1.62. The highest BCUT2D eigenvalue weighted by Gasteiger charge is 2.52. The summed E-state index contributed by atoms with van der Waals surface area (Å²) in [6.45, 7) is 3.87. The Morgan fingerprint density at radius 1 is 1.35 bits per heavy atom. The molecule has 1 atom stereocenters. The van der Waals surface area contributed by atoms with Crippen molar-refractivity contribution in [3.63, 3.8) is 0 Å². The number of Topliss-reactive ketones (excluding diaryl/α,β-unsaturated/α-hetero) is 1. The normalized spacial score (nSPS) is 16.7. The van der Waals surface area contributed by atoms with Crippen molar-refractivity contribution in [3.8, 4) is 0 Å². The predicted octanol–water partition coefficient (Wildman–Crippen LogP) is 0.372. The van der Waals surface area contributed by atoms with E-state index in [0.29, 0.717) is 19.3 Å². The van der Waals surface area contributed by atoms with E-state index in [-0.39, 0.29) is 29.7 Å². The average Bonchev–Trinajstić information content (AvgIpc) is 3.27. The van der Waals surface area contributed by atoms with Crippen molar-refractivity contribution in [2.45, 2.75) is 45.5 Å². The molecule has 23 heavy (non-hydrogen) atoms. The smallest absolute Gasteiger partial charge is 0.426 e. The second-order valence-corrected chi connectivity index (χ2v) is 6.59. The number of aromatic nitrogens is 2. The Morgan fingerprint density at radius 3 is 2.52 bits per heavy atom. The molecular formula is C15H22BN3O4. The SMILES string of the molecule is CC(C)C[C@H](NC(=O)C1(CC(=O)c2cnccn2)CC1)B(O)O. The molecule has 1 aliphatic carbocycles. The lowest BCUT2D eigenvalue weighted by Gasteiger charge is -2.23. The molecule has 1 aliphatic rings. The van der Waals surface area contributed by atoms with E-state index in [1.54, 1.807) is 0 Å². The molecule has 1 amide bonds. The van der Waals surface area contributed by atoms with Crippen molar-refractivity contribution < 1.29 is 19.6 Å². The van der Waals surface area contributed by atoms with Crippen molar-refractivity contribution in [2.75, 3.05) is 0 Å². The van der Waals surface area contributed by atoms with Gasteiger partial charge in [-0.3, -0.25) is 14.6 Å². The molecule has 0 aliphatic heterocycles. The van der Waals surface area contributed by atoms with E-state index in [2.05, 4.69) is 15.3 Å². The van der Waals surface area contributed by atoms with Gasteiger partial charge in [-0.15, -0.1) is 0 Å². The lowest BCUT2D eigenvalue weighted by atomic mass is 9.74. The van der Waals surface area contributed by atoms with E-state index in [9.17, 15) is 19.6 Å². The molecule has 124 valence electrons. The molecule has 0 aromatic carbocycles. The molecule has 1 aromatic rings. The number of ketones is 1. The first-order valence-corrected chi connectivity index (χ1v) is 7.80. The molecule has 2 rings (SSSR count). The van der Waals surface area contributed by atoms with E-state index in [0.717, 1.165) is 0 Å². The highest BCUT2D eigenvalue weighted by atomic mass is 16.4. The first kappa shape index (κ1) is 17.6. The van der Waals surface area contributed by atoms with Gasteiger partial charge in [-0.1, -0.05) is 13.8 Å². The maximum absolute atomic E-state index is 12.5. The van der Waals surface area contributed by atoms with Crippen molar-refractivity contribution >= 4 is 18.8 Å². The number of nitrogens with one attached hydrogen (secondary N) is 1. The molecule has 1 aromatic heterocycles. The van der Waals surface area contributed by atoms with Crippen LogP contribution >= 0.6 is 0 Å². The largest absolute Gasteiger partial charge is 0.475 e. The van der Waals surface area contributed by atoms with Crippen molar-refractivity contribution in [1.82, 2.24) is 15.3 Å². The second kappa shape index (κ2) is 7.19. The van der Waals surface area contributed by atoms with Gasteiger partial charge in [-0.2, -0.15) is 0 Å². The van der Waals surface area contributed by atoms with Crippen LogP contribution in [-0.2, 0) is 4.79 Å². The minimum absolute atomic E-state index is 0.0629. The van der Waals surface area contributed by atoms with Crippen LogP contribution in [0, 0.1) is 11.3 Å². The molecule has 0 saturated heterocycles. The van der Waals surface area contributed by atoms with E-state index < -0.39 is 18.5 Å². The van der Waals surface area contributed by atoms with Gasteiger partial charge in [-0.25, -0.2) is 4.98 Å². The number of hydrogen-bond acceptors (Lipinski definition) is 6. The molecule has 0 radical (unpaired) electrons. The second-order valence-electron chi connectivity index (χ2n) is 6.59. The number of carbonyl (C=O) groups is 2.